The zero-order valence-electron chi connectivity index (χ0n) is 21.5. The van der Waals surface area contributed by atoms with E-state index in [0.29, 0.717) is 25.2 Å². The van der Waals surface area contributed by atoms with Crippen LogP contribution >= 0.6 is 11.8 Å². The molecule has 2 unspecified atom stereocenters. The Bertz CT molecular complexity index is 1560. The number of aromatic nitrogens is 1. The quantitative estimate of drug-likeness (QED) is 0.512. The van der Waals surface area contributed by atoms with Crippen molar-refractivity contribution in [2.24, 2.45) is 0 Å². The SMILES string of the molecule is O=C1c2c(O)c(=O)ccn2N([C@@H]2c3ccccc3SCc3c2ccc(F)c3F)CN1C1CCOCC1OC1CC1. The summed E-state index contributed by atoms with van der Waals surface area (Å²) in [6.45, 7) is 0.822. The number of fused-ring (bicyclic) bond motifs is 3. The lowest BCUT2D eigenvalue weighted by molar-refractivity contribution is -0.0995. The zero-order valence-corrected chi connectivity index (χ0v) is 22.3. The van der Waals surface area contributed by atoms with Crippen molar-refractivity contribution in [1.29, 1.82) is 0 Å². The number of pyridine rings is 1. The minimum Gasteiger partial charge on any atom is -0.502 e. The number of halogens is 2. The van der Waals surface area contributed by atoms with E-state index in [4.69, 9.17) is 9.47 Å². The number of benzene rings is 2. The number of thioether (sulfide) groups is 1. The standard InChI is InChI=1S/C29H27F2N3O5S/c30-20-8-7-17-19(25(20)31)14-40-24-4-2-1-3-18(24)26(17)34-15-32(21-10-12-38-13-23(21)39-16-5-6-16)29(37)27-28(36)22(35)9-11-33(27)34/h1-4,7-9,11,16,21,23,26,36H,5-6,10,12-15H2/t21?,23?,26-/m0/s1. The molecule has 1 aliphatic carbocycles. The Morgan fingerprint density at radius 1 is 1.02 bits per heavy atom. The Balaban J connectivity index is 1.42. The summed E-state index contributed by atoms with van der Waals surface area (Å²) >= 11 is 1.41. The lowest BCUT2D eigenvalue weighted by atomic mass is 9.93. The molecule has 3 aliphatic heterocycles. The normalized spacial score (nSPS) is 24.2. The van der Waals surface area contributed by atoms with Crippen LogP contribution in [0, 0.1) is 11.6 Å². The monoisotopic (exact) mass is 567 g/mol. The Morgan fingerprint density at radius 3 is 2.67 bits per heavy atom. The lowest BCUT2D eigenvalue weighted by Crippen LogP contribution is -2.62. The predicted molar refractivity (Wildman–Crippen MR) is 143 cm³/mol. The van der Waals surface area contributed by atoms with Gasteiger partial charge in [0.2, 0.25) is 5.43 Å². The first-order valence-electron chi connectivity index (χ1n) is 13.4. The van der Waals surface area contributed by atoms with Crippen molar-refractivity contribution in [1.82, 2.24) is 9.58 Å². The van der Waals surface area contributed by atoms with E-state index in [1.54, 1.807) is 11.0 Å². The molecule has 1 saturated carbocycles. The molecule has 3 aromatic rings. The fourth-order valence-electron chi connectivity index (χ4n) is 5.94. The zero-order chi connectivity index (χ0) is 27.5. The third-order valence-corrected chi connectivity index (χ3v) is 9.18. The lowest BCUT2D eigenvalue weighted by Gasteiger charge is -2.48. The molecule has 0 bridgehead atoms. The number of hydrogen-bond donors (Lipinski definition) is 1. The van der Waals surface area contributed by atoms with Gasteiger partial charge >= 0.3 is 0 Å². The molecule has 40 heavy (non-hydrogen) atoms. The number of aromatic hydroxyl groups is 1. The summed E-state index contributed by atoms with van der Waals surface area (Å²) in [5.41, 5.74) is 0.780. The number of carbonyl (C=O) groups is 1. The highest BCUT2D eigenvalue weighted by Gasteiger charge is 2.45. The molecule has 1 aromatic heterocycles. The number of ether oxygens (including phenoxy) is 2. The van der Waals surface area contributed by atoms with Crippen LogP contribution < -0.4 is 10.4 Å². The van der Waals surface area contributed by atoms with Gasteiger partial charge in [0.1, 0.15) is 12.8 Å². The first-order chi connectivity index (χ1) is 19.4. The van der Waals surface area contributed by atoms with Gasteiger partial charge < -0.3 is 19.5 Å². The van der Waals surface area contributed by atoms with E-state index in [1.165, 1.54) is 28.7 Å². The van der Waals surface area contributed by atoms with Crippen LogP contribution in [-0.4, -0.2) is 58.7 Å². The summed E-state index contributed by atoms with van der Waals surface area (Å²) in [5, 5.41) is 12.8. The summed E-state index contributed by atoms with van der Waals surface area (Å²) in [7, 11) is 0. The summed E-state index contributed by atoms with van der Waals surface area (Å²) in [6, 6.07) is 10.5. The number of amides is 1. The molecule has 2 fully saturated rings. The number of rotatable bonds is 4. The molecule has 0 radical (unpaired) electrons. The molecule has 4 heterocycles. The van der Waals surface area contributed by atoms with Gasteiger partial charge in [-0.1, -0.05) is 24.3 Å². The van der Waals surface area contributed by atoms with Crippen LogP contribution in [0.4, 0.5) is 8.78 Å². The van der Waals surface area contributed by atoms with Crippen molar-refractivity contribution in [3.05, 3.63) is 92.9 Å². The van der Waals surface area contributed by atoms with E-state index in [0.717, 1.165) is 29.4 Å². The Hall–Kier alpha value is -3.41. The summed E-state index contributed by atoms with van der Waals surface area (Å²) in [5.74, 6) is -2.76. The Morgan fingerprint density at radius 2 is 1.85 bits per heavy atom. The fraction of sp³-hybridized carbons (Fsp3) is 0.379. The highest BCUT2D eigenvalue weighted by Crippen LogP contribution is 2.44. The molecule has 208 valence electrons. The van der Waals surface area contributed by atoms with E-state index in [-0.39, 0.29) is 41.9 Å². The summed E-state index contributed by atoms with van der Waals surface area (Å²) in [6.07, 6.45) is 3.64. The minimum absolute atomic E-state index is 0.0610. The van der Waals surface area contributed by atoms with Crippen LogP contribution in [0.2, 0.25) is 0 Å². The van der Waals surface area contributed by atoms with E-state index < -0.39 is 34.8 Å². The van der Waals surface area contributed by atoms with Gasteiger partial charge in [0, 0.05) is 35.1 Å². The maximum atomic E-state index is 15.3. The van der Waals surface area contributed by atoms with Crippen molar-refractivity contribution in [2.45, 2.75) is 54.2 Å². The molecule has 1 amide bonds. The van der Waals surface area contributed by atoms with Gasteiger partial charge in [0.05, 0.1) is 24.8 Å². The molecule has 3 atom stereocenters. The van der Waals surface area contributed by atoms with E-state index in [1.807, 2.05) is 29.3 Å². The minimum atomic E-state index is -0.927. The second kappa shape index (κ2) is 9.90. The fourth-order valence-corrected chi connectivity index (χ4v) is 7.06. The van der Waals surface area contributed by atoms with Gasteiger partial charge in [-0.05, 0) is 42.5 Å². The molecule has 11 heteroatoms. The van der Waals surface area contributed by atoms with Crippen LogP contribution in [0.15, 0.2) is 58.4 Å². The molecule has 7 rings (SSSR count). The van der Waals surface area contributed by atoms with Crippen molar-refractivity contribution in [3.8, 4) is 5.75 Å². The number of hydrogen-bond acceptors (Lipinski definition) is 7. The molecular formula is C29H27F2N3O5S. The molecule has 8 nitrogen and oxygen atoms in total. The van der Waals surface area contributed by atoms with Crippen LogP contribution in [0.5, 0.6) is 5.75 Å². The largest absolute Gasteiger partial charge is 0.502 e. The Labute approximate surface area is 233 Å². The first-order valence-corrected chi connectivity index (χ1v) is 14.3. The molecule has 1 N–H and O–H groups in total. The third kappa shape index (κ3) is 4.18. The molecule has 0 spiro atoms. The predicted octanol–water partition coefficient (Wildman–Crippen LogP) is 3.92. The van der Waals surface area contributed by atoms with Crippen LogP contribution in [0.3, 0.4) is 0 Å². The van der Waals surface area contributed by atoms with Gasteiger partial charge in [-0.25, -0.2) is 8.78 Å². The van der Waals surface area contributed by atoms with Gasteiger partial charge in [0.15, 0.2) is 23.1 Å². The summed E-state index contributed by atoms with van der Waals surface area (Å²) < 4.78 is 43.1. The number of carbonyl (C=O) groups excluding carboxylic acids is 1. The maximum absolute atomic E-state index is 15.3. The topological polar surface area (TPSA) is 84.2 Å². The van der Waals surface area contributed by atoms with Crippen molar-refractivity contribution >= 4 is 17.7 Å². The van der Waals surface area contributed by atoms with E-state index >= 15 is 4.39 Å². The average molecular weight is 568 g/mol. The van der Waals surface area contributed by atoms with Gasteiger partial charge in [-0.15, -0.1) is 11.8 Å². The van der Waals surface area contributed by atoms with Crippen LogP contribution in [0.25, 0.3) is 0 Å². The van der Waals surface area contributed by atoms with Gasteiger partial charge in [-0.2, -0.15) is 0 Å². The van der Waals surface area contributed by atoms with Crippen molar-refractivity contribution in [2.75, 3.05) is 24.9 Å². The second-order valence-corrected chi connectivity index (χ2v) is 11.6. The van der Waals surface area contributed by atoms with E-state index in [2.05, 4.69) is 0 Å². The van der Waals surface area contributed by atoms with Crippen LogP contribution in [-0.2, 0) is 15.2 Å². The molecule has 4 aliphatic rings. The van der Waals surface area contributed by atoms with Gasteiger partial charge in [-0.3, -0.25) is 19.3 Å². The molecular weight excluding hydrogens is 540 g/mol. The molecule has 2 aromatic carbocycles. The third-order valence-electron chi connectivity index (χ3n) is 8.06. The van der Waals surface area contributed by atoms with Gasteiger partial charge in [0.25, 0.3) is 5.91 Å². The summed E-state index contributed by atoms with van der Waals surface area (Å²) in [4.78, 5) is 29.1. The van der Waals surface area contributed by atoms with Crippen molar-refractivity contribution in [3.63, 3.8) is 0 Å². The second-order valence-electron chi connectivity index (χ2n) is 10.5. The first kappa shape index (κ1) is 25.6. The van der Waals surface area contributed by atoms with Crippen LogP contribution in [0.1, 0.15) is 52.5 Å². The maximum Gasteiger partial charge on any atom is 0.278 e. The number of nitrogens with zero attached hydrogens (tertiary/aromatic N) is 3. The van der Waals surface area contributed by atoms with Crippen molar-refractivity contribution < 1.29 is 28.2 Å². The van der Waals surface area contributed by atoms with E-state index in [9.17, 15) is 19.1 Å². The average Bonchev–Trinajstić information content (AvgIpc) is 3.80. The Kier molecular flexibility index (Phi) is 6.32. The smallest absolute Gasteiger partial charge is 0.278 e. The molecule has 1 saturated heterocycles. The highest BCUT2D eigenvalue weighted by molar-refractivity contribution is 7.98. The highest BCUT2D eigenvalue weighted by atomic mass is 32.2.